The van der Waals surface area contributed by atoms with Crippen LogP contribution in [0.15, 0.2) is 55.1 Å². The van der Waals surface area contributed by atoms with Crippen LogP contribution >= 0.6 is 0 Å². The van der Waals surface area contributed by atoms with Crippen molar-refractivity contribution in [2.75, 3.05) is 11.1 Å². The fraction of sp³-hybridized carbons (Fsp3) is 0.286. The van der Waals surface area contributed by atoms with Crippen molar-refractivity contribution in [2.24, 2.45) is 0 Å². The number of hydrogen-bond donors (Lipinski definition) is 0. The van der Waals surface area contributed by atoms with Gasteiger partial charge in [-0.2, -0.15) is 34.8 Å². The number of rotatable bonds is 13. The average molecular weight is 643 g/mol. The summed E-state index contributed by atoms with van der Waals surface area (Å²) in [5.74, 6) is -9.21. The Kier molecular flexibility index (Phi) is 9.38. The normalized spacial score (nSPS) is 13.5. The van der Waals surface area contributed by atoms with E-state index < -0.39 is 75.6 Å². The van der Waals surface area contributed by atoms with Crippen LogP contribution in [0, 0.1) is 0 Å². The number of esters is 1. The van der Waals surface area contributed by atoms with Crippen LogP contribution in [0.2, 0.25) is 0 Å². The minimum Gasteiger partial charge on any atom is -0.457 e. The summed E-state index contributed by atoms with van der Waals surface area (Å²) in [4.78, 5) is 12.1. The second kappa shape index (κ2) is 11.4. The molecule has 0 spiro atoms. The Balaban J connectivity index is 2.21. The van der Waals surface area contributed by atoms with E-state index in [4.69, 9.17) is 4.74 Å². The molecule has 0 aromatic heterocycles. The number of carbonyl (C=O) groups is 1. The van der Waals surface area contributed by atoms with Crippen LogP contribution in [0.3, 0.4) is 0 Å². The molecule has 0 N–H and O–H groups in total. The molecule has 0 saturated heterocycles. The summed E-state index contributed by atoms with van der Waals surface area (Å²) < 4.78 is 174. The predicted octanol–water partition coefficient (Wildman–Crippen LogP) is 3.93. The van der Waals surface area contributed by atoms with E-state index in [-0.39, 0.29) is 11.1 Å². The third-order valence-electron chi connectivity index (χ3n) is 4.82. The van der Waals surface area contributed by atoms with E-state index in [1.807, 2.05) is 0 Å². The molecule has 222 valence electrons. The fourth-order valence-electron chi connectivity index (χ4n) is 2.67. The van der Waals surface area contributed by atoms with Crippen molar-refractivity contribution in [1.29, 1.82) is 0 Å². The zero-order chi connectivity index (χ0) is 30.8. The molecule has 9 nitrogen and oxygen atoms in total. The molecule has 0 amide bonds. The molecule has 2 aromatic rings. The van der Waals surface area contributed by atoms with Crippen molar-refractivity contribution in [3.8, 4) is 5.75 Å². The highest BCUT2D eigenvalue weighted by Crippen LogP contribution is 2.51. The third kappa shape index (κ3) is 6.57. The van der Waals surface area contributed by atoms with Gasteiger partial charge >= 0.3 is 32.5 Å². The highest BCUT2D eigenvalue weighted by molar-refractivity contribution is 8.08. The summed E-state index contributed by atoms with van der Waals surface area (Å²) in [5, 5.41) is -17.0. The molecule has 2 rings (SSSR count). The van der Waals surface area contributed by atoms with Crippen LogP contribution in [0.4, 0.5) is 30.7 Å². The molecule has 0 aliphatic heterocycles. The first kappa shape index (κ1) is 33.0. The van der Waals surface area contributed by atoms with Gasteiger partial charge in [0, 0.05) is 0 Å². The van der Waals surface area contributed by atoms with Gasteiger partial charge in [0.2, 0.25) is 9.84 Å². The van der Waals surface area contributed by atoms with Crippen LogP contribution in [0.1, 0.15) is 21.5 Å². The van der Waals surface area contributed by atoms with Gasteiger partial charge in [-0.25, -0.2) is 26.0 Å². The number of sulfone groups is 2. The molecule has 19 heteroatoms. The summed E-state index contributed by atoms with van der Waals surface area (Å²) >= 11 is 0. The van der Waals surface area contributed by atoms with Crippen LogP contribution in [0.5, 0.6) is 5.75 Å². The van der Waals surface area contributed by atoms with E-state index in [1.165, 1.54) is 18.2 Å². The van der Waals surface area contributed by atoms with Gasteiger partial charge in [-0.1, -0.05) is 36.9 Å². The number of ether oxygens (including phenoxy) is 1. The highest BCUT2D eigenvalue weighted by Gasteiger charge is 2.83. The van der Waals surface area contributed by atoms with Crippen LogP contribution in [0.25, 0.3) is 6.08 Å². The molecule has 0 saturated carbocycles. The van der Waals surface area contributed by atoms with E-state index in [1.54, 1.807) is 12.1 Å². The minimum atomic E-state index is -7.29. The lowest BCUT2D eigenvalue weighted by atomic mass is 10.1. The van der Waals surface area contributed by atoms with E-state index in [9.17, 15) is 60.8 Å². The Labute approximate surface area is 223 Å². The molecular weight excluding hydrogens is 625 g/mol. The van der Waals surface area contributed by atoms with Crippen molar-refractivity contribution in [3.05, 3.63) is 71.8 Å². The van der Waals surface area contributed by atoms with Crippen molar-refractivity contribution in [1.82, 2.24) is 0 Å². The smallest absolute Gasteiger partial charge is 0.450 e. The molecule has 2 aromatic carbocycles. The van der Waals surface area contributed by atoms with Gasteiger partial charge in [0.1, 0.15) is 12.4 Å². The second-order valence-corrected chi connectivity index (χ2v) is 13.8. The molecule has 0 unspecified atom stereocenters. The molecule has 0 radical (unpaired) electrons. The van der Waals surface area contributed by atoms with Crippen molar-refractivity contribution in [3.63, 3.8) is 0 Å². The van der Waals surface area contributed by atoms with Gasteiger partial charge in [0.15, 0.2) is 20.9 Å². The van der Waals surface area contributed by atoms with Gasteiger partial charge in [0.25, 0.3) is 0 Å². The number of benzene rings is 2. The van der Waals surface area contributed by atoms with Crippen molar-refractivity contribution >= 4 is 41.8 Å². The fourth-order valence-corrected chi connectivity index (χ4v) is 6.90. The second-order valence-electron chi connectivity index (χ2n) is 7.78. The van der Waals surface area contributed by atoms with Gasteiger partial charge in [0.05, 0.1) is 5.56 Å². The number of hydrogen-bond acceptors (Lipinski definition) is 9. The van der Waals surface area contributed by atoms with E-state index in [2.05, 4.69) is 10.8 Å². The SMILES string of the molecule is C=Cc1ccc(C(=O)OCc2ccc(OS(=O)(=O)C(F)(F)C(F)(F)C(F)(F)S(=O)(=O)CS(=O)(=O)CF)cc2)cc1. The van der Waals surface area contributed by atoms with E-state index in [0.29, 0.717) is 17.7 Å². The highest BCUT2D eigenvalue weighted by atomic mass is 32.3. The van der Waals surface area contributed by atoms with Crippen molar-refractivity contribution in [2.45, 2.75) is 23.0 Å². The lowest BCUT2D eigenvalue weighted by molar-refractivity contribution is -0.245. The quantitative estimate of drug-likeness (QED) is 0.181. The minimum absolute atomic E-state index is 0.101. The Morgan fingerprint density at radius 1 is 0.825 bits per heavy atom. The summed E-state index contributed by atoms with van der Waals surface area (Å²) in [6, 6.07) is 6.39. The molecule has 0 atom stereocenters. The summed E-state index contributed by atoms with van der Waals surface area (Å²) in [7, 11) is -19.8. The van der Waals surface area contributed by atoms with Gasteiger partial charge < -0.3 is 8.92 Å². The zero-order valence-corrected chi connectivity index (χ0v) is 22.0. The zero-order valence-electron chi connectivity index (χ0n) is 19.6. The van der Waals surface area contributed by atoms with Crippen molar-refractivity contribution < 1.29 is 69.7 Å². The standard InChI is InChI=1S/C21H17F7O9S3/c1-2-14-3-7-16(8-4-14)18(29)36-11-15-5-9-17(10-6-15)37-40(34,35)21(27,28)19(23,24)20(25,26)39(32,33)13-38(30,31)12-22/h2-10H,1,11-13H2. The number of halogens is 7. The predicted molar refractivity (Wildman–Crippen MR) is 125 cm³/mol. The van der Waals surface area contributed by atoms with E-state index in [0.717, 1.165) is 12.1 Å². The maximum absolute atomic E-state index is 14.2. The first-order valence-electron chi connectivity index (χ1n) is 10.2. The lowest BCUT2D eigenvalue weighted by Gasteiger charge is -2.31. The number of alkyl halides is 7. The maximum Gasteiger partial charge on any atom is 0.450 e. The van der Waals surface area contributed by atoms with Crippen LogP contribution in [-0.4, -0.2) is 58.7 Å². The topological polar surface area (TPSA) is 138 Å². The first-order valence-corrected chi connectivity index (χ1v) is 15.1. The third-order valence-corrected chi connectivity index (χ3v) is 10.2. The molecule has 0 aliphatic rings. The molecule has 0 heterocycles. The molecular formula is C21H17F7O9S3. The average Bonchev–Trinajstić information content (AvgIpc) is 2.87. The Bertz CT molecular complexity index is 1570. The van der Waals surface area contributed by atoms with Gasteiger partial charge in [-0.3, -0.25) is 0 Å². The monoisotopic (exact) mass is 642 g/mol. The Morgan fingerprint density at radius 3 is 1.82 bits per heavy atom. The molecule has 40 heavy (non-hydrogen) atoms. The number of carbonyl (C=O) groups excluding carboxylic acids is 1. The van der Waals surface area contributed by atoms with E-state index >= 15 is 0 Å². The Morgan fingerprint density at radius 2 is 1.35 bits per heavy atom. The first-order chi connectivity index (χ1) is 18.1. The Hall–Kier alpha value is -3.19. The van der Waals surface area contributed by atoms with Gasteiger partial charge in [-0.05, 0) is 35.4 Å². The summed E-state index contributed by atoms with van der Waals surface area (Å²) in [6.07, 6.45) is 1.52. The van der Waals surface area contributed by atoms with Gasteiger partial charge in [-0.15, -0.1) is 0 Å². The maximum atomic E-state index is 14.2. The molecule has 0 bridgehead atoms. The largest absolute Gasteiger partial charge is 0.457 e. The summed E-state index contributed by atoms with van der Waals surface area (Å²) in [6.45, 7) is 3.09. The van der Waals surface area contributed by atoms with Crippen LogP contribution in [-0.2, 0) is 41.1 Å². The van der Waals surface area contributed by atoms with Crippen LogP contribution < -0.4 is 4.18 Å². The summed E-state index contributed by atoms with van der Waals surface area (Å²) in [5.41, 5.74) is 0.950. The molecule has 0 aliphatic carbocycles. The molecule has 0 fully saturated rings. The lowest BCUT2D eigenvalue weighted by Crippen LogP contribution is -2.62.